The van der Waals surface area contributed by atoms with E-state index in [2.05, 4.69) is 5.18 Å². The molecular formula is C13H9F2NO. The zero-order valence-corrected chi connectivity index (χ0v) is 8.81. The van der Waals surface area contributed by atoms with Crippen LogP contribution in [-0.2, 0) is 0 Å². The standard InChI is InChI=1S/C13H9F2NO/c14-11-5-1-3-9(7-11)13(16-17)10-4-2-6-12(15)8-10/h1-8,13H. The molecule has 2 rings (SSSR count). The van der Waals surface area contributed by atoms with Crippen LogP contribution in [-0.4, -0.2) is 0 Å². The van der Waals surface area contributed by atoms with Gasteiger partial charge in [0.2, 0.25) is 0 Å². The molecule has 0 saturated heterocycles. The summed E-state index contributed by atoms with van der Waals surface area (Å²) < 4.78 is 26.1. The second kappa shape index (κ2) is 4.82. The lowest BCUT2D eigenvalue weighted by molar-refractivity contribution is 0.619. The Morgan fingerprint density at radius 1 is 0.882 bits per heavy atom. The molecule has 0 radical (unpaired) electrons. The van der Waals surface area contributed by atoms with E-state index >= 15 is 0 Å². The molecule has 0 heterocycles. The highest BCUT2D eigenvalue weighted by Gasteiger charge is 2.15. The Morgan fingerprint density at radius 3 is 1.71 bits per heavy atom. The van der Waals surface area contributed by atoms with E-state index in [0.29, 0.717) is 11.1 Å². The average Bonchev–Trinajstić information content (AvgIpc) is 2.30. The fourth-order valence-electron chi connectivity index (χ4n) is 1.67. The number of rotatable bonds is 3. The first-order valence-corrected chi connectivity index (χ1v) is 5.04. The van der Waals surface area contributed by atoms with E-state index < -0.39 is 17.7 Å². The van der Waals surface area contributed by atoms with Crippen LogP contribution >= 0.6 is 0 Å². The summed E-state index contributed by atoms with van der Waals surface area (Å²) in [5, 5.41) is 2.93. The van der Waals surface area contributed by atoms with Crippen LogP contribution in [0.25, 0.3) is 0 Å². The summed E-state index contributed by atoms with van der Waals surface area (Å²) in [4.78, 5) is 10.8. The van der Waals surface area contributed by atoms with E-state index in [0.717, 1.165) is 0 Å². The highest BCUT2D eigenvalue weighted by molar-refractivity contribution is 5.32. The van der Waals surface area contributed by atoms with Gasteiger partial charge in [-0.15, -0.1) is 4.91 Å². The molecule has 0 aliphatic rings. The molecule has 2 aromatic rings. The predicted octanol–water partition coefficient (Wildman–Crippen LogP) is 3.82. The van der Waals surface area contributed by atoms with Crippen LogP contribution < -0.4 is 0 Å². The molecule has 0 aromatic heterocycles. The Kier molecular flexibility index (Phi) is 3.23. The third-order valence-corrected chi connectivity index (χ3v) is 2.43. The van der Waals surface area contributed by atoms with Crippen molar-refractivity contribution in [1.82, 2.24) is 0 Å². The van der Waals surface area contributed by atoms with Gasteiger partial charge in [-0.2, -0.15) is 0 Å². The molecule has 2 aromatic carbocycles. The van der Waals surface area contributed by atoms with Gasteiger partial charge in [0.1, 0.15) is 17.7 Å². The van der Waals surface area contributed by atoms with Crippen molar-refractivity contribution < 1.29 is 8.78 Å². The van der Waals surface area contributed by atoms with Gasteiger partial charge in [0.25, 0.3) is 0 Å². The topological polar surface area (TPSA) is 29.4 Å². The summed E-state index contributed by atoms with van der Waals surface area (Å²) >= 11 is 0. The molecule has 4 heteroatoms. The van der Waals surface area contributed by atoms with E-state index in [1.165, 1.54) is 36.4 Å². The van der Waals surface area contributed by atoms with Gasteiger partial charge in [-0.1, -0.05) is 29.4 Å². The molecule has 0 amide bonds. The highest BCUT2D eigenvalue weighted by atomic mass is 19.1. The first-order valence-electron chi connectivity index (χ1n) is 5.04. The fraction of sp³-hybridized carbons (Fsp3) is 0.0769. The van der Waals surface area contributed by atoms with Crippen LogP contribution in [0.15, 0.2) is 53.7 Å². The van der Waals surface area contributed by atoms with E-state index in [4.69, 9.17) is 0 Å². The summed E-state index contributed by atoms with van der Waals surface area (Å²) in [7, 11) is 0. The summed E-state index contributed by atoms with van der Waals surface area (Å²) in [6.45, 7) is 0. The van der Waals surface area contributed by atoms with Crippen molar-refractivity contribution in [2.75, 3.05) is 0 Å². The lowest BCUT2D eigenvalue weighted by Crippen LogP contribution is -1.98. The third-order valence-electron chi connectivity index (χ3n) is 2.43. The smallest absolute Gasteiger partial charge is 0.142 e. The van der Waals surface area contributed by atoms with Crippen LogP contribution in [0, 0.1) is 16.5 Å². The molecule has 0 saturated carbocycles. The molecule has 86 valence electrons. The Hall–Kier alpha value is -2.10. The fourth-order valence-corrected chi connectivity index (χ4v) is 1.67. The summed E-state index contributed by atoms with van der Waals surface area (Å²) in [5.41, 5.74) is 0.816. The SMILES string of the molecule is O=NC(c1cccc(F)c1)c1cccc(F)c1. The number of hydrogen-bond acceptors (Lipinski definition) is 2. The molecule has 0 atom stereocenters. The lowest BCUT2D eigenvalue weighted by atomic mass is 9.99. The van der Waals surface area contributed by atoms with E-state index in [-0.39, 0.29) is 0 Å². The molecule has 17 heavy (non-hydrogen) atoms. The Morgan fingerprint density at radius 2 is 1.35 bits per heavy atom. The monoisotopic (exact) mass is 233 g/mol. The second-order valence-electron chi connectivity index (χ2n) is 3.62. The number of nitroso groups, excluding NO2 is 1. The molecular weight excluding hydrogens is 224 g/mol. The van der Waals surface area contributed by atoms with Gasteiger partial charge in [0.05, 0.1) is 0 Å². The van der Waals surface area contributed by atoms with Gasteiger partial charge in [0.15, 0.2) is 0 Å². The van der Waals surface area contributed by atoms with Crippen molar-refractivity contribution in [2.24, 2.45) is 5.18 Å². The normalized spacial score (nSPS) is 10.5. The number of hydrogen-bond donors (Lipinski definition) is 0. The number of halogens is 2. The lowest BCUT2D eigenvalue weighted by Gasteiger charge is -2.09. The summed E-state index contributed by atoms with van der Waals surface area (Å²) in [5.74, 6) is -0.903. The van der Waals surface area contributed by atoms with Gasteiger partial charge in [0, 0.05) is 0 Å². The molecule has 0 N–H and O–H groups in total. The quantitative estimate of drug-likeness (QED) is 0.741. The largest absolute Gasteiger partial charge is 0.207 e. The average molecular weight is 233 g/mol. The van der Waals surface area contributed by atoms with Gasteiger partial charge in [-0.3, -0.25) is 0 Å². The van der Waals surface area contributed by atoms with Crippen molar-refractivity contribution in [3.8, 4) is 0 Å². The van der Waals surface area contributed by atoms with Gasteiger partial charge < -0.3 is 0 Å². The minimum absolute atomic E-state index is 0.408. The van der Waals surface area contributed by atoms with Crippen LogP contribution in [0.2, 0.25) is 0 Å². The number of nitrogens with zero attached hydrogens (tertiary/aromatic N) is 1. The molecule has 0 bridgehead atoms. The predicted molar refractivity (Wildman–Crippen MR) is 60.4 cm³/mol. The Bertz CT molecular complexity index is 497. The van der Waals surface area contributed by atoms with E-state index in [1.807, 2.05) is 0 Å². The maximum atomic E-state index is 13.0. The minimum atomic E-state index is -0.888. The maximum Gasteiger partial charge on any atom is 0.142 e. The van der Waals surface area contributed by atoms with Crippen LogP contribution in [0.5, 0.6) is 0 Å². The maximum absolute atomic E-state index is 13.0. The van der Waals surface area contributed by atoms with Gasteiger partial charge in [-0.25, -0.2) is 8.78 Å². The van der Waals surface area contributed by atoms with Gasteiger partial charge in [-0.05, 0) is 35.4 Å². The molecule has 0 fully saturated rings. The van der Waals surface area contributed by atoms with Crippen molar-refractivity contribution in [3.05, 3.63) is 76.2 Å². The van der Waals surface area contributed by atoms with Crippen molar-refractivity contribution >= 4 is 0 Å². The molecule has 0 unspecified atom stereocenters. The summed E-state index contributed by atoms with van der Waals surface area (Å²) in [6.07, 6.45) is 0. The van der Waals surface area contributed by atoms with Crippen molar-refractivity contribution in [2.45, 2.75) is 6.04 Å². The first-order chi connectivity index (χ1) is 8.20. The third kappa shape index (κ3) is 2.53. The molecule has 0 aliphatic heterocycles. The second-order valence-corrected chi connectivity index (χ2v) is 3.62. The molecule has 0 spiro atoms. The van der Waals surface area contributed by atoms with Crippen molar-refractivity contribution in [1.29, 1.82) is 0 Å². The van der Waals surface area contributed by atoms with E-state index in [9.17, 15) is 13.7 Å². The number of benzene rings is 2. The summed E-state index contributed by atoms with van der Waals surface area (Å²) in [6, 6.07) is 10.2. The molecule has 2 nitrogen and oxygen atoms in total. The van der Waals surface area contributed by atoms with Crippen molar-refractivity contribution in [3.63, 3.8) is 0 Å². The first kappa shape index (κ1) is 11.4. The van der Waals surface area contributed by atoms with Crippen LogP contribution in [0.4, 0.5) is 8.78 Å². The van der Waals surface area contributed by atoms with E-state index in [1.54, 1.807) is 12.1 Å². The van der Waals surface area contributed by atoms with Crippen LogP contribution in [0.3, 0.4) is 0 Å². The molecule has 0 aliphatic carbocycles. The van der Waals surface area contributed by atoms with Gasteiger partial charge >= 0.3 is 0 Å². The zero-order valence-electron chi connectivity index (χ0n) is 8.81. The Balaban J connectivity index is 2.43. The Labute approximate surface area is 96.9 Å². The zero-order chi connectivity index (χ0) is 12.3. The van der Waals surface area contributed by atoms with Crippen LogP contribution in [0.1, 0.15) is 17.2 Å². The highest BCUT2D eigenvalue weighted by Crippen LogP contribution is 2.26. The minimum Gasteiger partial charge on any atom is -0.207 e.